The van der Waals surface area contributed by atoms with Gasteiger partial charge in [0.25, 0.3) is 12.4 Å². The van der Waals surface area contributed by atoms with Crippen molar-refractivity contribution in [1.82, 2.24) is 10.2 Å². The highest BCUT2D eigenvalue weighted by Crippen LogP contribution is 2.27. The van der Waals surface area contributed by atoms with E-state index in [9.17, 15) is 9.59 Å². The Morgan fingerprint density at radius 2 is 1.96 bits per heavy atom. The van der Waals surface area contributed by atoms with Crippen LogP contribution in [0.3, 0.4) is 0 Å². The SMILES string of the molecule is Cc1cc(C2CCOCC2)oc(=O)c1C(=O)NCCN1CCCC1.O=CO. The van der Waals surface area contributed by atoms with Crippen LogP contribution < -0.4 is 10.9 Å². The van der Waals surface area contributed by atoms with Crippen molar-refractivity contribution < 1.29 is 23.8 Å². The molecule has 0 atom stereocenters. The Balaban J connectivity index is 0.000000817. The van der Waals surface area contributed by atoms with Crippen LogP contribution in [0.15, 0.2) is 15.3 Å². The summed E-state index contributed by atoms with van der Waals surface area (Å²) in [5.41, 5.74) is 0.286. The summed E-state index contributed by atoms with van der Waals surface area (Å²) >= 11 is 0. The van der Waals surface area contributed by atoms with Gasteiger partial charge in [0.2, 0.25) is 0 Å². The number of carbonyl (C=O) groups is 2. The van der Waals surface area contributed by atoms with E-state index in [0.29, 0.717) is 31.1 Å². The zero-order chi connectivity index (χ0) is 19.6. The molecule has 0 bridgehead atoms. The van der Waals surface area contributed by atoms with Gasteiger partial charge in [0.05, 0.1) is 0 Å². The highest BCUT2D eigenvalue weighted by Gasteiger charge is 2.23. The van der Waals surface area contributed by atoms with Crippen molar-refractivity contribution in [3.63, 3.8) is 0 Å². The number of hydrogen-bond acceptors (Lipinski definition) is 6. The van der Waals surface area contributed by atoms with Gasteiger partial charge < -0.3 is 24.5 Å². The first kappa shape index (κ1) is 21.1. The van der Waals surface area contributed by atoms with Gasteiger partial charge >= 0.3 is 5.63 Å². The summed E-state index contributed by atoms with van der Waals surface area (Å²) in [7, 11) is 0. The van der Waals surface area contributed by atoms with Crippen LogP contribution in [0.25, 0.3) is 0 Å². The van der Waals surface area contributed by atoms with Crippen molar-refractivity contribution in [2.45, 2.75) is 38.5 Å². The minimum atomic E-state index is -0.532. The van der Waals surface area contributed by atoms with E-state index in [4.69, 9.17) is 19.1 Å². The van der Waals surface area contributed by atoms with Crippen LogP contribution in [0.1, 0.15) is 53.3 Å². The Labute approximate surface area is 158 Å². The maximum atomic E-state index is 12.3. The molecule has 0 aromatic carbocycles. The predicted molar refractivity (Wildman–Crippen MR) is 99.2 cm³/mol. The second kappa shape index (κ2) is 10.8. The number of nitrogens with zero attached hydrogens (tertiary/aromatic N) is 1. The zero-order valence-corrected chi connectivity index (χ0v) is 15.7. The summed E-state index contributed by atoms with van der Waals surface area (Å²) in [6, 6.07) is 1.84. The molecule has 1 amide bonds. The lowest BCUT2D eigenvalue weighted by Crippen LogP contribution is -2.36. The Kier molecular flexibility index (Phi) is 8.47. The van der Waals surface area contributed by atoms with E-state index in [-0.39, 0.29) is 23.9 Å². The average Bonchev–Trinajstić information content (AvgIpc) is 3.16. The lowest BCUT2D eigenvalue weighted by molar-refractivity contribution is -0.122. The topological polar surface area (TPSA) is 109 Å². The second-order valence-corrected chi connectivity index (χ2v) is 6.79. The minimum Gasteiger partial charge on any atom is -0.483 e. The normalized spacial score (nSPS) is 17.8. The lowest BCUT2D eigenvalue weighted by atomic mass is 9.95. The molecule has 3 heterocycles. The van der Waals surface area contributed by atoms with Crippen molar-refractivity contribution in [2.75, 3.05) is 39.4 Å². The standard InChI is InChI=1S/C18H26N2O4.CH2O2/c1-13-12-15(14-4-10-23-11-5-14)24-18(22)16(13)17(21)19-6-9-20-7-2-3-8-20;2-1-3/h12,14H,2-11H2,1H3,(H,19,21);1H,(H,2,3). The molecule has 0 unspecified atom stereocenters. The van der Waals surface area contributed by atoms with Gasteiger partial charge in [0.1, 0.15) is 11.3 Å². The first-order valence-electron chi connectivity index (χ1n) is 9.37. The molecular formula is C19H28N2O6. The number of carboxylic acid groups (broad SMARTS) is 1. The Morgan fingerprint density at radius 1 is 1.33 bits per heavy atom. The van der Waals surface area contributed by atoms with Crippen LogP contribution in [0.2, 0.25) is 0 Å². The van der Waals surface area contributed by atoms with Gasteiger partial charge in [-0.25, -0.2) is 4.79 Å². The summed E-state index contributed by atoms with van der Waals surface area (Å²) in [6.07, 6.45) is 4.15. The van der Waals surface area contributed by atoms with Crippen molar-refractivity contribution in [1.29, 1.82) is 0 Å². The highest BCUT2D eigenvalue weighted by atomic mass is 16.5. The molecule has 2 aliphatic heterocycles. The summed E-state index contributed by atoms with van der Waals surface area (Å²) in [5, 5.41) is 9.73. The van der Waals surface area contributed by atoms with Crippen molar-refractivity contribution in [3.05, 3.63) is 33.4 Å². The van der Waals surface area contributed by atoms with E-state index in [0.717, 1.165) is 32.5 Å². The summed E-state index contributed by atoms with van der Waals surface area (Å²) in [5.74, 6) is 0.547. The molecule has 0 spiro atoms. The van der Waals surface area contributed by atoms with E-state index < -0.39 is 5.63 Å². The van der Waals surface area contributed by atoms with E-state index in [2.05, 4.69) is 10.2 Å². The molecule has 0 saturated carbocycles. The minimum absolute atomic E-state index is 0.132. The van der Waals surface area contributed by atoms with Crippen molar-refractivity contribution in [3.8, 4) is 0 Å². The molecule has 1 aromatic rings. The molecule has 0 aliphatic carbocycles. The fraction of sp³-hybridized carbons (Fsp3) is 0.632. The molecule has 2 N–H and O–H groups in total. The Hall–Kier alpha value is -2.19. The number of amides is 1. The quantitative estimate of drug-likeness (QED) is 0.743. The highest BCUT2D eigenvalue weighted by molar-refractivity contribution is 5.95. The molecule has 27 heavy (non-hydrogen) atoms. The van der Waals surface area contributed by atoms with Crippen molar-refractivity contribution in [2.24, 2.45) is 0 Å². The molecule has 0 radical (unpaired) electrons. The van der Waals surface area contributed by atoms with Crippen LogP contribution in [-0.2, 0) is 9.53 Å². The maximum absolute atomic E-state index is 12.3. The smallest absolute Gasteiger partial charge is 0.349 e. The van der Waals surface area contributed by atoms with E-state index >= 15 is 0 Å². The number of nitrogens with one attached hydrogen (secondary N) is 1. The molecule has 8 nitrogen and oxygen atoms in total. The summed E-state index contributed by atoms with van der Waals surface area (Å²) in [6.45, 7) is 6.50. The molecule has 2 aliphatic rings. The average molecular weight is 380 g/mol. The number of aryl methyl sites for hydroxylation is 1. The van der Waals surface area contributed by atoms with Gasteiger partial charge in [0.15, 0.2) is 0 Å². The van der Waals surface area contributed by atoms with E-state index in [1.165, 1.54) is 12.8 Å². The van der Waals surface area contributed by atoms with Crippen LogP contribution in [0.4, 0.5) is 0 Å². The van der Waals surface area contributed by atoms with Gasteiger partial charge in [-0.05, 0) is 57.3 Å². The Morgan fingerprint density at radius 3 is 2.56 bits per heavy atom. The van der Waals surface area contributed by atoms with E-state index in [1.807, 2.05) is 6.07 Å². The number of hydrogen-bond donors (Lipinski definition) is 2. The molecule has 1 aromatic heterocycles. The van der Waals surface area contributed by atoms with Gasteiger partial charge in [-0.15, -0.1) is 0 Å². The molecule has 8 heteroatoms. The third-order valence-electron chi connectivity index (χ3n) is 4.93. The number of ether oxygens (including phenoxy) is 1. The molecular weight excluding hydrogens is 352 g/mol. The molecule has 2 fully saturated rings. The number of likely N-dealkylation sites (tertiary alicyclic amines) is 1. The van der Waals surface area contributed by atoms with Crippen LogP contribution >= 0.6 is 0 Å². The summed E-state index contributed by atoms with van der Waals surface area (Å²) < 4.78 is 10.8. The fourth-order valence-corrected chi connectivity index (χ4v) is 3.51. The third kappa shape index (κ3) is 6.18. The largest absolute Gasteiger partial charge is 0.483 e. The van der Waals surface area contributed by atoms with Crippen LogP contribution in [0, 0.1) is 6.92 Å². The van der Waals surface area contributed by atoms with Gasteiger partial charge in [0, 0.05) is 32.2 Å². The Bertz CT molecular complexity index is 675. The fourth-order valence-electron chi connectivity index (χ4n) is 3.51. The number of carbonyl (C=O) groups excluding carboxylic acids is 1. The maximum Gasteiger partial charge on any atom is 0.349 e. The third-order valence-corrected chi connectivity index (χ3v) is 4.93. The monoisotopic (exact) mass is 380 g/mol. The lowest BCUT2D eigenvalue weighted by Gasteiger charge is -2.21. The molecule has 2 saturated heterocycles. The number of rotatable bonds is 5. The predicted octanol–water partition coefficient (Wildman–Crippen LogP) is 1.37. The molecule has 3 rings (SSSR count). The van der Waals surface area contributed by atoms with Crippen LogP contribution in [-0.4, -0.2) is 61.8 Å². The first-order valence-corrected chi connectivity index (χ1v) is 9.37. The van der Waals surface area contributed by atoms with E-state index in [1.54, 1.807) is 6.92 Å². The zero-order valence-electron chi connectivity index (χ0n) is 15.7. The second-order valence-electron chi connectivity index (χ2n) is 6.79. The molecule has 150 valence electrons. The van der Waals surface area contributed by atoms with Crippen molar-refractivity contribution >= 4 is 12.4 Å². The first-order chi connectivity index (χ1) is 13.1. The summed E-state index contributed by atoms with van der Waals surface area (Å²) in [4.78, 5) is 35.3. The van der Waals surface area contributed by atoms with Gasteiger partial charge in [-0.1, -0.05) is 0 Å². The van der Waals surface area contributed by atoms with Gasteiger partial charge in [-0.3, -0.25) is 9.59 Å². The van der Waals surface area contributed by atoms with Gasteiger partial charge in [-0.2, -0.15) is 0 Å². The van der Waals surface area contributed by atoms with Crippen LogP contribution in [0.5, 0.6) is 0 Å².